The third-order valence-electron chi connectivity index (χ3n) is 2.62. The molecule has 1 aromatic rings. The highest BCUT2D eigenvalue weighted by molar-refractivity contribution is 6.22. The number of rotatable bonds is 2. The van der Waals surface area contributed by atoms with Crippen molar-refractivity contribution in [1.29, 1.82) is 0 Å². The molecule has 0 radical (unpaired) electrons. The van der Waals surface area contributed by atoms with Gasteiger partial charge in [-0.2, -0.15) is 0 Å². The van der Waals surface area contributed by atoms with E-state index in [0.717, 1.165) is 4.90 Å². The number of nitrogens with zero attached hydrogens (tertiary/aromatic N) is 1. The number of amides is 3. The van der Waals surface area contributed by atoms with E-state index < -0.39 is 23.8 Å². The van der Waals surface area contributed by atoms with Gasteiger partial charge < -0.3 is 5.73 Å². The number of hydrogen-bond donors (Lipinski definition) is 1. The van der Waals surface area contributed by atoms with Crippen LogP contribution >= 0.6 is 0 Å². The van der Waals surface area contributed by atoms with Crippen LogP contribution in [-0.2, 0) is 4.79 Å². The van der Waals surface area contributed by atoms with Gasteiger partial charge in [0.25, 0.3) is 11.8 Å². The van der Waals surface area contributed by atoms with Crippen molar-refractivity contribution in [3.63, 3.8) is 0 Å². The zero-order chi connectivity index (χ0) is 11.9. The summed E-state index contributed by atoms with van der Waals surface area (Å²) in [4.78, 5) is 35.6. The van der Waals surface area contributed by atoms with Crippen LogP contribution < -0.4 is 5.73 Å². The Hall–Kier alpha value is -2.17. The molecule has 1 atom stereocenters. The minimum Gasteiger partial charge on any atom is -0.368 e. The van der Waals surface area contributed by atoms with E-state index in [9.17, 15) is 14.4 Å². The maximum absolute atomic E-state index is 11.9. The molecule has 0 bridgehead atoms. The smallest absolute Gasteiger partial charge is 0.262 e. The average Bonchev–Trinajstić information content (AvgIpc) is 2.52. The lowest BCUT2D eigenvalue weighted by Crippen LogP contribution is -2.45. The van der Waals surface area contributed by atoms with E-state index in [1.807, 2.05) is 0 Å². The number of hydrogen-bond acceptors (Lipinski definition) is 3. The number of fused-ring (bicyclic) bond motifs is 1. The summed E-state index contributed by atoms with van der Waals surface area (Å²) in [5, 5.41) is 0. The van der Waals surface area contributed by atoms with Crippen LogP contribution in [0.1, 0.15) is 27.6 Å². The minimum atomic E-state index is -0.924. The van der Waals surface area contributed by atoms with E-state index >= 15 is 0 Å². The molecule has 5 heteroatoms. The van der Waals surface area contributed by atoms with E-state index in [1.54, 1.807) is 24.3 Å². The Balaban J connectivity index is 2.46. The molecule has 0 fully saturated rings. The fourth-order valence-corrected chi connectivity index (χ4v) is 1.69. The molecule has 1 heterocycles. The third kappa shape index (κ3) is 1.29. The summed E-state index contributed by atoms with van der Waals surface area (Å²) in [7, 11) is 0. The summed E-state index contributed by atoms with van der Waals surface area (Å²) in [6, 6.07) is 5.53. The Kier molecular flexibility index (Phi) is 2.23. The Bertz CT molecular complexity index is 461. The number of carbonyl (C=O) groups excluding carboxylic acids is 3. The summed E-state index contributed by atoms with van der Waals surface area (Å²) in [6.07, 6.45) is 0. The fourth-order valence-electron chi connectivity index (χ4n) is 1.69. The summed E-state index contributed by atoms with van der Waals surface area (Å²) >= 11 is 0. The van der Waals surface area contributed by atoms with Crippen LogP contribution in [0.2, 0.25) is 0 Å². The Morgan fingerprint density at radius 2 is 1.62 bits per heavy atom. The lowest BCUT2D eigenvalue weighted by Gasteiger charge is -2.18. The molecule has 3 amide bonds. The first-order chi connectivity index (χ1) is 7.54. The zero-order valence-electron chi connectivity index (χ0n) is 8.64. The van der Waals surface area contributed by atoms with Crippen molar-refractivity contribution in [2.24, 2.45) is 5.73 Å². The van der Waals surface area contributed by atoms with Gasteiger partial charge in [-0.1, -0.05) is 12.1 Å². The topological polar surface area (TPSA) is 80.5 Å². The molecule has 1 unspecified atom stereocenters. The van der Waals surface area contributed by atoms with E-state index in [4.69, 9.17) is 5.73 Å². The molecule has 0 aromatic heterocycles. The molecule has 82 valence electrons. The van der Waals surface area contributed by atoms with Gasteiger partial charge in [0.1, 0.15) is 6.04 Å². The van der Waals surface area contributed by atoms with Crippen LogP contribution in [0.3, 0.4) is 0 Å². The van der Waals surface area contributed by atoms with Gasteiger partial charge >= 0.3 is 0 Å². The second-order valence-corrected chi connectivity index (χ2v) is 3.60. The highest BCUT2D eigenvalue weighted by Gasteiger charge is 2.39. The van der Waals surface area contributed by atoms with Crippen molar-refractivity contribution in [3.05, 3.63) is 35.4 Å². The molecule has 2 rings (SSSR count). The second kappa shape index (κ2) is 3.44. The lowest BCUT2D eigenvalue weighted by atomic mass is 10.1. The van der Waals surface area contributed by atoms with Gasteiger partial charge in [-0.25, -0.2) is 0 Å². The second-order valence-electron chi connectivity index (χ2n) is 3.60. The highest BCUT2D eigenvalue weighted by atomic mass is 16.2. The van der Waals surface area contributed by atoms with Gasteiger partial charge in [-0.15, -0.1) is 0 Å². The van der Waals surface area contributed by atoms with Crippen molar-refractivity contribution in [3.8, 4) is 0 Å². The predicted octanol–water partition coefficient (Wildman–Crippen LogP) is 0.156. The van der Waals surface area contributed by atoms with Crippen LogP contribution in [0.4, 0.5) is 0 Å². The van der Waals surface area contributed by atoms with Gasteiger partial charge in [-0.05, 0) is 19.1 Å². The Morgan fingerprint density at radius 1 is 1.19 bits per heavy atom. The van der Waals surface area contributed by atoms with Crippen LogP contribution in [-0.4, -0.2) is 28.7 Å². The SMILES string of the molecule is CC(C(N)=O)N1C(=O)c2ccccc2C1=O. The maximum atomic E-state index is 11.9. The first-order valence-corrected chi connectivity index (χ1v) is 4.80. The summed E-state index contributed by atoms with van der Waals surface area (Å²) in [5.41, 5.74) is 5.73. The molecule has 16 heavy (non-hydrogen) atoms. The van der Waals surface area contributed by atoms with Crippen molar-refractivity contribution in [2.45, 2.75) is 13.0 Å². The first kappa shape index (κ1) is 10.4. The van der Waals surface area contributed by atoms with Crippen molar-refractivity contribution in [2.75, 3.05) is 0 Å². The molecule has 0 saturated carbocycles. The fraction of sp³-hybridized carbons (Fsp3) is 0.182. The standard InChI is InChI=1S/C11H10N2O3/c1-6(9(12)14)13-10(15)7-4-2-3-5-8(7)11(13)16/h2-6H,1H3,(H2,12,14). The Labute approximate surface area is 91.8 Å². The van der Waals surface area contributed by atoms with E-state index in [-0.39, 0.29) is 0 Å². The largest absolute Gasteiger partial charge is 0.368 e. The summed E-state index contributed by atoms with van der Waals surface area (Å²) in [5.74, 6) is -1.63. The molecule has 2 N–H and O–H groups in total. The summed E-state index contributed by atoms with van der Waals surface area (Å²) in [6.45, 7) is 1.43. The minimum absolute atomic E-state index is 0.320. The van der Waals surface area contributed by atoms with Crippen LogP contribution in [0, 0.1) is 0 Å². The normalized spacial score (nSPS) is 16.2. The molecule has 1 aliphatic rings. The molecule has 0 spiro atoms. The first-order valence-electron chi connectivity index (χ1n) is 4.80. The quantitative estimate of drug-likeness (QED) is 0.718. The molecule has 1 aromatic carbocycles. The number of nitrogens with two attached hydrogens (primary N) is 1. The Morgan fingerprint density at radius 3 is 2.00 bits per heavy atom. The number of benzene rings is 1. The number of primary amides is 1. The van der Waals surface area contributed by atoms with Crippen molar-refractivity contribution in [1.82, 2.24) is 4.90 Å². The number of imide groups is 1. The van der Waals surface area contributed by atoms with E-state index in [1.165, 1.54) is 6.92 Å². The van der Waals surface area contributed by atoms with Crippen LogP contribution in [0.5, 0.6) is 0 Å². The average molecular weight is 218 g/mol. The van der Waals surface area contributed by atoms with Crippen molar-refractivity contribution >= 4 is 17.7 Å². The lowest BCUT2D eigenvalue weighted by molar-refractivity contribution is -0.121. The summed E-state index contributed by atoms with van der Waals surface area (Å²) < 4.78 is 0. The predicted molar refractivity (Wildman–Crippen MR) is 55.6 cm³/mol. The van der Waals surface area contributed by atoms with Gasteiger partial charge in [0, 0.05) is 0 Å². The van der Waals surface area contributed by atoms with E-state index in [2.05, 4.69) is 0 Å². The monoisotopic (exact) mass is 218 g/mol. The van der Waals surface area contributed by atoms with Gasteiger partial charge in [0.2, 0.25) is 5.91 Å². The zero-order valence-corrected chi connectivity index (χ0v) is 8.64. The highest BCUT2D eigenvalue weighted by Crippen LogP contribution is 2.24. The third-order valence-corrected chi connectivity index (χ3v) is 2.62. The van der Waals surface area contributed by atoms with Gasteiger partial charge in [-0.3, -0.25) is 19.3 Å². The molecule has 1 aliphatic heterocycles. The van der Waals surface area contributed by atoms with Gasteiger partial charge in [0.05, 0.1) is 11.1 Å². The van der Waals surface area contributed by atoms with Gasteiger partial charge in [0.15, 0.2) is 0 Å². The van der Waals surface area contributed by atoms with Crippen LogP contribution in [0.15, 0.2) is 24.3 Å². The molecule has 0 saturated heterocycles. The van der Waals surface area contributed by atoms with Crippen molar-refractivity contribution < 1.29 is 14.4 Å². The maximum Gasteiger partial charge on any atom is 0.262 e. The van der Waals surface area contributed by atoms with E-state index in [0.29, 0.717) is 11.1 Å². The van der Waals surface area contributed by atoms with Crippen LogP contribution in [0.25, 0.3) is 0 Å². The molecular weight excluding hydrogens is 208 g/mol. The molecule has 5 nitrogen and oxygen atoms in total. The molecule has 0 aliphatic carbocycles. The number of carbonyl (C=O) groups is 3. The molecular formula is C11H10N2O3.